The first-order valence-corrected chi connectivity index (χ1v) is 9.97. The summed E-state index contributed by atoms with van der Waals surface area (Å²) in [6.07, 6.45) is 5.90. The molecule has 0 spiro atoms. The summed E-state index contributed by atoms with van der Waals surface area (Å²) in [6.45, 7) is 7.47. The van der Waals surface area contributed by atoms with Crippen LogP contribution in [0.15, 0.2) is 41.8 Å². The second-order valence-electron chi connectivity index (χ2n) is 5.98. The van der Waals surface area contributed by atoms with Gasteiger partial charge in [-0.15, -0.1) is 35.3 Å². The van der Waals surface area contributed by atoms with Crippen molar-refractivity contribution < 1.29 is 0 Å². The van der Waals surface area contributed by atoms with Gasteiger partial charge in [-0.05, 0) is 31.9 Å². The number of thiazole rings is 1. The third-order valence-corrected chi connectivity index (χ3v) is 5.19. The Morgan fingerprint density at radius 3 is 2.81 bits per heavy atom. The van der Waals surface area contributed by atoms with Gasteiger partial charge in [-0.25, -0.2) is 15.0 Å². The summed E-state index contributed by atoms with van der Waals surface area (Å²) in [5.74, 6) is 0.844. The summed E-state index contributed by atoms with van der Waals surface area (Å²) in [4.78, 5) is 14.8. The molecule has 146 valence electrons. The molecule has 8 heteroatoms. The highest BCUT2D eigenvalue weighted by atomic mass is 127. The predicted octanol–water partition coefficient (Wildman–Crippen LogP) is 3.82. The van der Waals surface area contributed by atoms with Gasteiger partial charge in [-0.2, -0.15) is 0 Å². The Bertz CT molecular complexity index is 857. The maximum absolute atomic E-state index is 4.64. The third kappa shape index (κ3) is 6.17. The average Bonchev–Trinajstić information content (AvgIpc) is 3.30. The van der Waals surface area contributed by atoms with Crippen LogP contribution < -0.4 is 10.6 Å². The number of nitrogens with one attached hydrogen (secondary N) is 2. The highest BCUT2D eigenvalue weighted by Crippen LogP contribution is 2.14. The van der Waals surface area contributed by atoms with Crippen LogP contribution in [-0.2, 0) is 19.5 Å². The molecule has 3 aromatic rings. The number of hydrogen-bond acceptors (Lipinski definition) is 4. The molecular formula is C19H27IN6S. The number of para-hydroxylation sites is 2. The minimum Gasteiger partial charge on any atom is -0.357 e. The number of halogens is 1. The van der Waals surface area contributed by atoms with Crippen LogP contribution in [0.25, 0.3) is 11.0 Å². The monoisotopic (exact) mass is 498 g/mol. The van der Waals surface area contributed by atoms with Crippen molar-refractivity contribution in [3.63, 3.8) is 0 Å². The third-order valence-electron chi connectivity index (χ3n) is 4.06. The van der Waals surface area contributed by atoms with Crippen LogP contribution >= 0.6 is 35.3 Å². The SMILES string of the molecule is CCNC(=NCc1ncc(CC)s1)NCCCn1cnc2ccccc21.I. The van der Waals surface area contributed by atoms with Gasteiger partial charge in [0.15, 0.2) is 5.96 Å². The van der Waals surface area contributed by atoms with E-state index in [1.807, 2.05) is 24.7 Å². The molecule has 2 heterocycles. The highest BCUT2D eigenvalue weighted by Gasteiger charge is 2.03. The molecule has 0 unspecified atom stereocenters. The first-order valence-electron chi connectivity index (χ1n) is 9.15. The molecule has 0 aliphatic rings. The second kappa shape index (κ2) is 11.2. The molecule has 0 amide bonds. The van der Waals surface area contributed by atoms with Crippen LogP contribution in [0.4, 0.5) is 0 Å². The molecule has 27 heavy (non-hydrogen) atoms. The van der Waals surface area contributed by atoms with Gasteiger partial charge in [0.05, 0.1) is 23.9 Å². The number of aliphatic imine (C=N–C) groups is 1. The largest absolute Gasteiger partial charge is 0.357 e. The smallest absolute Gasteiger partial charge is 0.191 e. The number of guanidine groups is 1. The molecule has 0 saturated heterocycles. The summed E-state index contributed by atoms with van der Waals surface area (Å²) < 4.78 is 2.20. The number of aryl methyl sites for hydroxylation is 2. The molecule has 3 rings (SSSR count). The fraction of sp³-hybridized carbons (Fsp3) is 0.421. The van der Waals surface area contributed by atoms with Gasteiger partial charge in [0.1, 0.15) is 5.01 Å². The predicted molar refractivity (Wildman–Crippen MR) is 124 cm³/mol. The van der Waals surface area contributed by atoms with Gasteiger partial charge in [0.25, 0.3) is 0 Å². The second-order valence-corrected chi connectivity index (χ2v) is 7.18. The Labute approximate surface area is 181 Å². The van der Waals surface area contributed by atoms with Crippen molar-refractivity contribution in [3.8, 4) is 0 Å². The maximum atomic E-state index is 4.64. The van der Waals surface area contributed by atoms with E-state index < -0.39 is 0 Å². The molecule has 0 bridgehead atoms. The normalized spacial score (nSPS) is 11.4. The molecular weight excluding hydrogens is 471 g/mol. The Hall–Kier alpha value is -1.68. The number of nitrogens with zero attached hydrogens (tertiary/aromatic N) is 4. The summed E-state index contributed by atoms with van der Waals surface area (Å²) in [5.41, 5.74) is 2.23. The van der Waals surface area contributed by atoms with E-state index in [1.165, 1.54) is 10.4 Å². The maximum Gasteiger partial charge on any atom is 0.191 e. The molecule has 6 nitrogen and oxygen atoms in total. The van der Waals surface area contributed by atoms with Crippen molar-refractivity contribution in [3.05, 3.63) is 46.7 Å². The van der Waals surface area contributed by atoms with Crippen LogP contribution in [0, 0.1) is 0 Å². The van der Waals surface area contributed by atoms with E-state index in [1.54, 1.807) is 11.3 Å². The lowest BCUT2D eigenvalue weighted by Crippen LogP contribution is -2.38. The molecule has 0 fully saturated rings. The summed E-state index contributed by atoms with van der Waals surface area (Å²) in [6, 6.07) is 8.23. The minimum atomic E-state index is 0. The van der Waals surface area contributed by atoms with Crippen molar-refractivity contribution in [1.82, 2.24) is 25.2 Å². The van der Waals surface area contributed by atoms with E-state index in [-0.39, 0.29) is 24.0 Å². The van der Waals surface area contributed by atoms with Gasteiger partial charge in [-0.3, -0.25) is 0 Å². The zero-order chi connectivity index (χ0) is 18.2. The average molecular weight is 498 g/mol. The molecule has 0 aliphatic carbocycles. The van der Waals surface area contributed by atoms with Crippen molar-refractivity contribution in [2.45, 2.75) is 39.8 Å². The van der Waals surface area contributed by atoms with E-state index in [4.69, 9.17) is 0 Å². The lowest BCUT2D eigenvalue weighted by atomic mass is 10.3. The van der Waals surface area contributed by atoms with Crippen molar-refractivity contribution >= 4 is 52.3 Å². The summed E-state index contributed by atoms with van der Waals surface area (Å²) in [5, 5.41) is 7.76. The fourth-order valence-corrected chi connectivity index (χ4v) is 3.50. The fourth-order valence-electron chi connectivity index (χ4n) is 2.72. The number of aromatic nitrogens is 3. The number of benzene rings is 1. The number of rotatable bonds is 8. The summed E-state index contributed by atoms with van der Waals surface area (Å²) >= 11 is 1.74. The van der Waals surface area contributed by atoms with Crippen LogP contribution in [0.5, 0.6) is 0 Å². The molecule has 0 atom stereocenters. The quantitative estimate of drug-likeness (QED) is 0.215. The van der Waals surface area contributed by atoms with Gasteiger partial charge in [0, 0.05) is 30.7 Å². The molecule has 2 aromatic heterocycles. The van der Waals surface area contributed by atoms with Crippen LogP contribution in [0.3, 0.4) is 0 Å². The lowest BCUT2D eigenvalue weighted by Gasteiger charge is -2.11. The van der Waals surface area contributed by atoms with Gasteiger partial charge < -0.3 is 15.2 Å². The molecule has 1 aromatic carbocycles. The molecule has 2 N–H and O–H groups in total. The number of fused-ring (bicyclic) bond motifs is 1. The lowest BCUT2D eigenvalue weighted by molar-refractivity contribution is 0.637. The van der Waals surface area contributed by atoms with Gasteiger partial charge >= 0.3 is 0 Å². The Balaban J connectivity index is 0.00000261. The topological polar surface area (TPSA) is 67.1 Å². The molecule has 0 aliphatic heterocycles. The Morgan fingerprint density at radius 1 is 1.19 bits per heavy atom. The van der Waals surface area contributed by atoms with E-state index in [0.29, 0.717) is 6.54 Å². The Kier molecular flexibility index (Phi) is 8.99. The standard InChI is InChI=1S/C19H26N6S.HI/c1-3-15-12-22-18(26-15)13-23-19(20-4-2)21-10-7-11-25-14-24-16-8-5-6-9-17(16)25;/h5-6,8-9,12,14H,3-4,7,10-11,13H2,1-2H3,(H2,20,21,23);1H. The van der Waals surface area contributed by atoms with E-state index in [0.717, 1.165) is 49.0 Å². The van der Waals surface area contributed by atoms with Gasteiger partial charge in [0.2, 0.25) is 0 Å². The minimum absolute atomic E-state index is 0. The zero-order valence-corrected chi connectivity index (χ0v) is 19.0. The van der Waals surface area contributed by atoms with Crippen LogP contribution in [-0.4, -0.2) is 33.6 Å². The summed E-state index contributed by atoms with van der Waals surface area (Å²) in [7, 11) is 0. The van der Waals surface area contributed by atoms with E-state index in [2.05, 4.69) is 56.1 Å². The van der Waals surface area contributed by atoms with Crippen molar-refractivity contribution in [1.29, 1.82) is 0 Å². The first kappa shape index (κ1) is 21.6. The van der Waals surface area contributed by atoms with Crippen molar-refractivity contribution in [2.75, 3.05) is 13.1 Å². The first-order chi connectivity index (χ1) is 12.8. The number of hydrogen-bond donors (Lipinski definition) is 2. The van der Waals surface area contributed by atoms with E-state index in [9.17, 15) is 0 Å². The highest BCUT2D eigenvalue weighted by molar-refractivity contribution is 14.0. The number of imidazole rings is 1. The Morgan fingerprint density at radius 2 is 2.04 bits per heavy atom. The van der Waals surface area contributed by atoms with Gasteiger partial charge in [-0.1, -0.05) is 19.1 Å². The zero-order valence-electron chi connectivity index (χ0n) is 15.8. The molecule has 0 radical (unpaired) electrons. The van der Waals surface area contributed by atoms with Crippen LogP contribution in [0.1, 0.15) is 30.2 Å². The van der Waals surface area contributed by atoms with Crippen LogP contribution in [0.2, 0.25) is 0 Å². The van der Waals surface area contributed by atoms with Crippen molar-refractivity contribution in [2.24, 2.45) is 4.99 Å². The molecule has 0 saturated carbocycles. The van der Waals surface area contributed by atoms with E-state index >= 15 is 0 Å².